The van der Waals surface area contributed by atoms with Crippen LogP contribution in [0.5, 0.6) is 0 Å². The Kier molecular flexibility index (Phi) is 9.28. The van der Waals surface area contributed by atoms with Crippen molar-refractivity contribution in [3.8, 4) is 0 Å². The first kappa shape index (κ1) is 30.2. The van der Waals surface area contributed by atoms with Crippen molar-refractivity contribution in [3.05, 3.63) is 32.6 Å². The third kappa shape index (κ3) is 6.80. The predicted molar refractivity (Wildman–Crippen MR) is 114 cm³/mol. The molecule has 37 heavy (non-hydrogen) atoms. The number of ether oxygens (including phenoxy) is 2. The maximum atomic E-state index is 12.2. The minimum atomic E-state index is -5.60. The lowest BCUT2D eigenvalue weighted by Gasteiger charge is -2.39. The zero-order valence-electron chi connectivity index (χ0n) is 18.8. The zero-order chi connectivity index (χ0) is 27.9. The molecule has 3 rings (SSSR count). The van der Waals surface area contributed by atoms with E-state index < -0.39 is 95.4 Å². The van der Waals surface area contributed by atoms with E-state index in [0.717, 1.165) is 10.8 Å². The molecule has 0 spiro atoms. The van der Waals surface area contributed by atoms with Gasteiger partial charge in [0.05, 0.1) is 13.2 Å². The van der Waals surface area contributed by atoms with E-state index in [-0.39, 0.29) is 5.56 Å². The number of H-pyrrole nitrogens is 1. The number of nitrogens with zero attached hydrogens (tertiary/aromatic N) is 1. The van der Waals surface area contributed by atoms with Crippen LogP contribution in [-0.4, -0.2) is 112 Å². The number of phosphoric ester groups is 2. The number of aromatic amines is 1. The van der Waals surface area contributed by atoms with Crippen molar-refractivity contribution in [1.82, 2.24) is 9.55 Å². The summed E-state index contributed by atoms with van der Waals surface area (Å²) in [7, 11) is -11.1. The number of phosphoric acid groups is 2. The second kappa shape index (κ2) is 11.4. The first-order valence-electron chi connectivity index (χ1n) is 10.4. The smallest absolute Gasteiger partial charge is 0.394 e. The van der Waals surface area contributed by atoms with E-state index >= 15 is 0 Å². The molecule has 0 radical (unpaired) electrons. The van der Waals surface area contributed by atoms with E-state index in [1.807, 2.05) is 4.98 Å². The number of aliphatic hydroxyl groups is 6. The highest BCUT2D eigenvalue weighted by atomic mass is 31.3. The molecule has 21 heteroatoms. The highest BCUT2D eigenvalue weighted by Gasteiger charge is 2.49. The van der Waals surface area contributed by atoms with Crippen molar-refractivity contribution in [2.45, 2.75) is 62.2 Å². The summed E-state index contributed by atoms with van der Waals surface area (Å²) >= 11 is 0. The summed E-state index contributed by atoms with van der Waals surface area (Å²) < 4.78 is 48.3. The van der Waals surface area contributed by atoms with Gasteiger partial charge in [-0.05, 0) is 6.92 Å². The van der Waals surface area contributed by atoms with E-state index in [9.17, 15) is 54.0 Å². The fourth-order valence-electron chi connectivity index (χ4n) is 3.50. The van der Waals surface area contributed by atoms with Crippen LogP contribution in [0.4, 0.5) is 0 Å². The van der Waals surface area contributed by atoms with Gasteiger partial charge in [-0.15, -0.1) is 0 Å². The Morgan fingerprint density at radius 1 is 0.946 bits per heavy atom. The van der Waals surface area contributed by atoms with Gasteiger partial charge in [-0.25, -0.2) is 13.9 Å². The van der Waals surface area contributed by atoms with Crippen LogP contribution in [0.25, 0.3) is 0 Å². The number of aromatic nitrogens is 2. The molecule has 0 bridgehead atoms. The highest BCUT2D eigenvalue weighted by molar-refractivity contribution is 7.61. The van der Waals surface area contributed by atoms with Gasteiger partial charge < -0.3 is 49.9 Å². The average Bonchev–Trinajstić information content (AvgIpc) is 3.08. The van der Waals surface area contributed by atoms with Gasteiger partial charge in [0, 0.05) is 11.8 Å². The van der Waals surface area contributed by atoms with Crippen LogP contribution in [0.2, 0.25) is 0 Å². The summed E-state index contributed by atoms with van der Waals surface area (Å²) in [5, 5.41) is 58.8. The topological polar surface area (TPSA) is 297 Å². The van der Waals surface area contributed by atoms with Gasteiger partial charge in [-0.3, -0.25) is 23.4 Å². The lowest BCUT2D eigenvalue weighted by molar-refractivity contribution is -0.280. The molecule has 2 aliphatic heterocycles. The molecule has 0 amide bonds. The summed E-state index contributed by atoms with van der Waals surface area (Å²) in [6.07, 6.45) is -15.3. The Hall–Kier alpha value is -1.38. The summed E-state index contributed by atoms with van der Waals surface area (Å²) in [4.78, 5) is 45.1. The van der Waals surface area contributed by atoms with E-state index in [1.54, 1.807) is 0 Å². The molecule has 9 N–H and O–H groups in total. The van der Waals surface area contributed by atoms with E-state index in [1.165, 1.54) is 6.92 Å². The maximum Gasteiger partial charge on any atom is 0.483 e. The van der Waals surface area contributed by atoms with Crippen LogP contribution < -0.4 is 11.2 Å². The molecule has 2 aliphatic rings. The molecule has 3 heterocycles. The summed E-state index contributed by atoms with van der Waals surface area (Å²) in [5.74, 6) is 0. The summed E-state index contributed by atoms with van der Waals surface area (Å²) in [6, 6.07) is 0. The van der Waals surface area contributed by atoms with Crippen LogP contribution in [0.1, 0.15) is 11.8 Å². The van der Waals surface area contributed by atoms with Crippen molar-refractivity contribution in [1.29, 1.82) is 0 Å². The zero-order valence-corrected chi connectivity index (χ0v) is 20.6. The molecule has 0 aromatic carbocycles. The molecule has 1 aromatic heterocycles. The van der Waals surface area contributed by atoms with Gasteiger partial charge in [0.25, 0.3) is 5.56 Å². The second-order valence-corrected chi connectivity index (χ2v) is 11.1. The largest absolute Gasteiger partial charge is 0.483 e. The normalized spacial score (nSPS) is 37.7. The molecular weight excluding hydrogens is 554 g/mol. The van der Waals surface area contributed by atoms with Crippen LogP contribution in [0.3, 0.4) is 0 Å². The number of rotatable bonds is 9. The quantitative estimate of drug-likeness (QED) is 0.124. The van der Waals surface area contributed by atoms with Crippen molar-refractivity contribution < 1.29 is 72.4 Å². The molecule has 0 aliphatic carbocycles. The molecule has 7 unspecified atom stereocenters. The Morgan fingerprint density at radius 3 is 2.19 bits per heavy atom. The number of aryl methyl sites for hydroxylation is 1. The first-order chi connectivity index (χ1) is 17.1. The molecule has 212 valence electrons. The van der Waals surface area contributed by atoms with Gasteiger partial charge in [0.1, 0.15) is 42.7 Å². The Balaban J connectivity index is 1.63. The molecular formula is C16H26N2O17P2. The fraction of sp³-hybridized carbons (Fsp3) is 0.750. The van der Waals surface area contributed by atoms with Gasteiger partial charge in [-0.1, -0.05) is 0 Å². The second-order valence-electron chi connectivity index (χ2n) is 8.14. The minimum absolute atomic E-state index is 0.0657. The van der Waals surface area contributed by atoms with Crippen LogP contribution in [0, 0.1) is 6.92 Å². The number of hydrogen-bond acceptors (Lipinski definition) is 15. The third-order valence-electron chi connectivity index (χ3n) is 5.45. The molecule has 2 saturated heterocycles. The third-order valence-corrected chi connectivity index (χ3v) is 8.05. The molecule has 19 nitrogen and oxygen atoms in total. The van der Waals surface area contributed by atoms with Crippen molar-refractivity contribution in [3.63, 3.8) is 0 Å². The van der Waals surface area contributed by atoms with Gasteiger partial charge in [0.2, 0.25) is 0 Å². The molecule has 1 aromatic rings. The van der Waals surface area contributed by atoms with E-state index in [2.05, 4.69) is 13.4 Å². The highest BCUT2D eigenvalue weighted by Crippen LogP contribution is 2.61. The Labute approximate surface area is 206 Å². The van der Waals surface area contributed by atoms with Crippen molar-refractivity contribution in [2.24, 2.45) is 0 Å². The standard InChI is InChI=1S/C16H26N2O17P2/c1-5-2-18(16(26)17-13(5)25)14-11(23)9(21)7(32-14)4-31-36(27,28)35-37(29,30)34-15-12(24)10(22)8(20)6(3-19)33-15/h2,6-12,14-15,19-24H,3-4H2,1H3,(H,27,28)(H,29,30)(H,17,25,26)/t6?,7-,8+,9?,10?,11?,12?,14-,15-/m1/s1. The van der Waals surface area contributed by atoms with E-state index in [0.29, 0.717) is 0 Å². The lowest BCUT2D eigenvalue weighted by atomic mass is 10.00. The van der Waals surface area contributed by atoms with Gasteiger partial charge in [-0.2, -0.15) is 4.31 Å². The maximum absolute atomic E-state index is 12.2. The summed E-state index contributed by atoms with van der Waals surface area (Å²) in [6.45, 7) is -0.574. The van der Waals surface area contributed by atoms with Crippen LogP contribution >= 0.6 is 15.6 Å². The lowest BCUT2D eigenvalue weighted by Crippen LogP contribution is -2.58. The number of aliphatic hydroxyl groups excluding tert-OH is 6. The average molecular weight is 580 g/mol. The molecule has 11 atom stereocenters. The molecule has 2 fully saturated rings. The van der Waals surface area contributed by atoms with Crippen LogP contribution in [0.15, 0.2) is 15.8 Å². The van der Waals surface area contributed by atoms with Gasteiger partial charge >= 0.3 is 21.3 Å². The number of nitrogens with one attached hydrogen (secondary N) is 1. The van der Waals surface area contributed by atoms with E-state index in [4.69, 9.17) is 14.6 Å². The first-order valence-corrected chi connectivity index (χ1v) is 13.4. The van der Waals surface area contributed by atoms with Gasteiger partial charge in [0.15, 0.2) is 12.5 Å². The molecule has 0 saturated carbocycles. The monoisotopic (exact) mass is 580 g/mol. The van der Waals surface area contributed by atoms with Crippen molar-refractivity contribution in [2.75, 3.05) is 13.2 Å². The number of hydrogen-bond donors (Lipinski definition) is 9. The van der Waals surface area contributed by atoms with Crippen molar-refractivity contribution >= 4 is 15.6 Å². The SMILES string of the molecule is Cc1cn([C@@H]2O[C@H](COP(=O)(O)OP(=O)(O)O[C@H]3OC(CO)[C@H](O)C(O)C3O)C(O)C2O)c(=O)[nH]c1=O. The Morgan fingerprint density at radius 2 is 1.57 bits per heavy atom. The van der Waals surface area contributed by atoms with Crippen LogP contribution in [-0.2, 0) is 32.0 Å². The fourth-order valence-corrected chi connectivity index (χ4v) is 5.66. The Bertz CT molecular complexity index is 1170. The predicted octanol–water partition coefficient (Wildman–Crippen LogP) is -4.49. The summed E-state index contributed by atoms with van der Waals surface area (Å²) in [5.41, 5.74) is -1.63. The minimum Gasteiger partial charge on any atom is -0.394 e.